The Morgan fingerprint density at radius 2 is 1.53 bits per heavy atom. The molecule has 0 rings (SSSR count). The number of hydrogen-bond acceptors (Lipinski definition) is 6. The van der Waals surface area contributed by atoms with E-state index in [-0.39, 0.29) is 48.3 Å². The van der Waals surface area contributed by atoms with E-state index < -0.39 is 41.4 Å². The first-order chi connectivity index (χ1) is 7.19. The molecular formula is C6H9NO9Sr. The van der Waals surface area contributed by atoms with Crippen LogP contribution in [0.2, 0.25) is 0 Å². The summed E-state index contributed by atoms with van der Waals surface area (Å²) in [4.78, 5) is 45.0. The molecule has 0 aromatic rings. The van der Waals surface area contributed by atoms with Crippen LogP contribution in [0.15, 0.2) is 0 Å². The second-order valence-corrected chi connectivity index (χ2v) is 2.76. The number of hydrogen-bond donors (Lipinski definition) is 3. The fraction of sp³-hybridized carbons (Fsp3) is 0.500. The number of carboxylic acid groups (broad SMARTS) is 3. The Morgan fingerprint density at radius 1 is 1.18 bits per heavy atom. The zero-order valence-electron chi connectivity index (χ0n) is 10.4. The van der Waals surface area contributed by atoms with Gasteiger partial charge in [-0.1, -0.05) is 0 Å². The van der Waals surface area contributed by atoms with Crippen LogP contribution in [0.5, 0.6) is 0 Å². The summed E-state index contributed by atoms with van der Waals surface area (Å²) in [6.07, 6.45) is -2.68. The SMILES string of the molecule is O=C(O)CC(CC(=O)O)(O[N+](=O)[O-])C(=O)O.[H-].[H-].[Sr+2]. The zero-order valence-corrected chi connectivity index (χ0v) is 11.8. The van der Waals surface area contributed by atoms with Crippen LogP contribution in [0, 0.1) is 10.1 Å². The van der Waals surface area contributed by atoms with Crippen molar-refractivity contribution in [2.24, 2.45) is 0 Å². The Hall–Kier alpha value is -0.909. The third kappa shape index (κ3) is 6.41. The van der Waals surface area contributed by atoms with Gasteiger partial charge in [-0.3, -0.25) is 14.4 Å². The van der Waals surface area contributed by atoms with Gasteiger partial charge in [0.25, 0.3) is 5.09 Å². The molecule has 0 heterocycles. The minimum Gasteiger partial charge on any atom is -1.00 e. The molecule has 0 aromatic heterocycles. The van der Waals surface area contributed by atoms with Gasteiger partial charge in [0.15, 0.2) is 0 Å². The van der Waals surface area contributed by atoms with Gasteiger partial charge < -0.3 is 18.2 Å². The summed E-state index contributed by atoms with van der Waals surface area (Å²) >= 11 is 0. The molecule has 0 saturated carbocycles. The van der Waals surface area contributed by atoms with E-state index in [0.717, 1.165) is 0 Å². The molecule has 0 atom stereocenters. The van der Waals surface area contributed by atoms with E-state index in [0.29, 0.717) is 0 Å². The third-order valence-corrected chi connectivity index (χ3v) is 1.51. The minimum absolute atomic E-state index is 0. The van der Waals surface area contributed by atoms with Crippen molar-refractivity contribution in [2.75, 3.05) is 0 Å². The summed E-state index contributed by atoms with van der Waals surface area (Å²) in [6, 6.07) is 0. The molecule has 94 valence electrons. The fourth-order valence-electron chi connectivity index (χ4n) is 0.949. The van der Waals surface area contributed by atoms with Crippen LogP contribution >= 0.6 is 0 Å². The van der Waals surface area contributed by atoms with Gasteiger partial charge in [-0.15, -0.1) is 10.1 Å². The standard InChI is InChI=1S/C6H7NO9.Sr.2H/c8-3(9)1-6(5(12)13,2-4(10)11)16-7(14)15;;;/h1-2H2,(H,8,9)(H,10,11)(H,12,13);;;/q;+2;2*-1. The molecule has 10 nitrogen and oxygen atoms in total. The van der Waals surface area contributed by atoms with E-state index in [1.165, 1.54) is 0 Å². The second kappa shape index (κ2) is 7.42. The van der Waals surface area contributed by atoms with Crippen LogP contribution in [-0.2, 0) is 19.2 Å². The molecule has 11 heteroatoms. The monoisotopic (exact) mass is 327 g/mol. The van der Waals surface area contributed by atoms with Crippen molar-refractivity contribution in [1.82, 2.24) is 0 Å². The molecule has 3 N–H and O–H groups in total. The Labute approximate surface area is 134 Å². The summed E-state index contributed by atoms with van der Waals surface area (Å²) < 4.78 is 0. The topological polar surface area (TPSA) is 164 Å². The largest absolute Gasteiger partial charge is 2.00 e. The predicted octanol–water partition coefficient (Wildman–Crippen LogP) is -1.19. The van der Waals surface area contributed by atoms with Gasteiger partial charge in [0.1, 0.15) is 0 Å². The summed E-state index contributed by atoms with van der Waals surface area (Å²) in [6.45, 7) is 0. The third-order valence-electron chi connectivity index (χ3n) is 1.51. The van der Waals surface area contributed by atoms with E-state index in [2.05, 4.69) is 4.84 Å². The van der Waals surface area contributed by atoms with Gasteiger partial charge in [0, 0.05) is 0 Å². The average molecular weight is 327 g/mol. The van der Waals surface area contributed by atoms with E-state index in [1.54, 1.807) is 0 Å². The first-order valence-electron chi connectivity index (χ1n) is 3.70. The molecule has 0 amide bonds. The van der Waals surface area contributed by atoms with Crippen molar-refractivity contribution in [3.05, 3.63) is 10.1 Å². The summed E-state index contributed by atoms with van der Waals surface area (Å²) in [5.74, 6) is -5.50. The van der Waals surface area contributed by atoms with E-state index in [1.807, 2.05) is 0 Å². The maximum Gasteiger partial charge on any atom is 2.00 e. The molecule has 0 unspecified atom stereocenters. The molecule has 0 aliphatic carbocycles. The number of carbonyl (C=O) groups is 3. The first-order valence-corrected chi connectivity index (χ1v) is 3.70. The Morgan fingerprint density at radius 3 is 1.71 bits per heavy atom. The van der Waals surface area contributed by atoms with Crippen molar-refractivity contribution in [1.29, 1.82) is 0 Å². The average Bonchev–Trinajstić information content (AvgIpc) is 1.98. The molecule has 0 spiro atoms. The normalized spacial score (nSPS) is 9.88. The van der Waals surface area contributed by atoms with Crippen LogP contribution in [-0.4, -0.2) is 89.4 Å². The van der Waals surface area contributed by atoms with Gasteiger partial charge in [-0.25, -0.2) is 4.79 Å². The van der Waals surface area contributed by atoms with E-state index >= 15 is 0 Å². The van der Waals surface area contributed by atoms with Crippen molar-refractivity contribution < 1.29 is 42.5 Å². The van der Waals surface area contributed by atoms with Crippen LogP contribution in [0.1, 0.15) is 15.7 Å². The Balaban J connectivity index is -0.000000375. The summed E-state index contributed by atoms with van der Waals surface area (Å²) in [7, 11) is 0. The van der Waals surface area contributed by atoms with E-state index in [9.17, 15) is 24.5 Å². The van der Waals surface area contributed by atoms with Gasteiger partial charge in [0.05, 0.1) is 12.8 Å². The number of rotatable bonds is 7. The molecule has 0 aliphatic heterocycles. The number of nitrogens with zero attached hydrogens (tertiary/aromatic N) is 1. The van der Waals surface area contributed by atoms with Crippen LogP contribution < -0.4 is 0 Å². The van der Waals surface area contributed by atoms with Crippen molar-refractivity contribution in [3.8, 4) is 0 Å². The first kappa shape index (κ1) is 18.5. The Kier molecular flexibility index (Phi) is 8.06. The molecular weight excluding hydrogens is 318 g/mol. The van der Waals surface area contributed by atoms with Crippen molar-refractivity contribution in [2.45, 2.75) is 18.4 Å². The van der Waals surface area contributed by atoms with Crippen molar-refractivity contribution >= 4 is 63.4 Å². The molecule has 0 aliphatic rings. The van der Waals surface area contributed by atoms with Crippen LogP contribution in [0.25, 0.3) is 0 Å². The van der Waals surface area contributed by atoms with Crippen LogP contribution in [0.3, 0.4) is 0 Å². The number of carboxylic acids is 3. The van der Waals surface area contributed by atoms with Crippen molar-refractivity contribution in [3.63, 3.8) is 0 Å². The summed E-state index contributed by atoms with van der Waals surface area (Å²) in [5.41, 5.74) is -2.92. The maximum absolute atomic E-state index is 10.7. The van der Waals surface area contributed by atoms with Gasteiger partial charge in [-0.05, 0) is 0 Å². The minimum atomic E-state index is -2.92. The number of aliphatic carboxylic acids is 3. The summed E-state index contributed by atoms with van der Waals surface area (Å²) in [5, 5.41) is 33.8. The zero-order chi connectivity index (χ0) is 12.9. The van der Waals surface area contributed by atoms with Gasteiger partial charge in [-0.2, -0.15) is 0 Å². The quantitative estimate of drug-likeness (QED) is 0.296. The smallest absolute Gasteiger partial charge is 1.00 e. The Bertz CT molecular complexity index is 309. The predicted molar refractivity (Wildman–Crippen MR) is 50.9 cm³/mol. The molecule has 0 saturated heterocycles. The van der Waals surface area contributed by atoms with Crippen LogP contribution in [0.4, 0.5) is 0 Å². The second-order valence-electron chi connectivity index (χ2n) is 2.76. The van der Waals surface area contributed by atoms with Gasteiger partial charge >= 0.3 is 63.4 Å². The molecule has 17 heavy (non-hydrogen) atoms. The molecule has 0 bridgehead atoms. The fourth-order valence-corrected chi connectivity index (χ4v) is 0.949. The van der Waals surface area contributed by atoms with E-state index in [4.69, 9.17) is 15.3 Å². The molecule has 0 aromatic carbocycles. The molecule has 0 radical (unpaired) electrons. The molecule has 0 fully saturated rings. The maximum atomic E-state index is 10.7. The van der Waals surface area contributed by atoms with Gasteiger partial charge in [0.2, 0.25) is 5.60 Å².